The number of benzene rings is 1. The normalized spacial score (nSPS) is 14.8. The molecule has 3 aromatic rings. The van der Waals surface area contributed by atoms with E-state index < -0.39 is 0 Å². The van der Waals surface area contributed by atoms with Crippen molar-refractivity contribution in [1.82, 2.24) is 19.7 Å². The van der Waals surface area contributed by atoms with Crippen molar-refractivity contribution in [1.29, 1.82) is 0 Å². The molecule has 1 aromatic carbocycles. The molecule has 0 atom stereocenters. The van der Waals surface area contributed by atoms with Crippen molar-refractivity contribution < 1.29 is 9.53 Å². The monoisotopic (exact) mass is 385 g/mol. The number of amides is 1. The third kappa shape index (κ3) is 3.14. The third-order valence-electron chi connectivity index (χ3n) is 5.08. The molecule has 4 rings (SSSR count). The minimum absolute atomic E-state index is 0.000151. The molecule has 142 valence electrons. The van der Waals surface area contributed by atoms with E-state index in [0.717, 1.165) is 39.9 Å². The number of fused-ring (bicyclic) bond motifs is 1. The highest BCUT2D eigenvalue weighted by Gasteiger charge is 2.26. The van der Waals surface area contributed by atoms with Crippen LogP contribution >= 0.6 is 11.3 Å². The van der Waals surface area contributed by atoms with Gasteiger partial charge in [0.1, 0.15) is 11.3 Å². The van der Waals surface area contributed by atoms with E-state index in [9.17, 15) is 4.79 Å². The number of piperazine rings is 1. The summed E-state index contributed by atoms with van der Waals surface area (Å²) >= 11 is 1.69. The molecule has 27 heavy (non-hydrogen) atoms. The Morgan fingerprint density at radius 2 is 1.93 bits per heavy atom. The van der Waals surface area contributed by atoms with Gasteiger partial charge in [-0.1, -0.05) is 17.4 Å². The van der Waals surface area contributed by atoms with Crippen LogP contribution in [0.2, 0.25) is 0 Å². The minimum Gasteiger partial charge on any atom is -0.494 e. The van der Waals surface area contributed by atoms with Crippen LogP contribution in [0.4, 0.5) is 5.13 Å². The molecule has 0 bridgehead atoms. The van der Waals surface area contributed by atoms with E-state index in [1.54, 1.807) is 23.1 Å². The summed E-state index contributed by atoms with van der Waals surface area (Å²) < 4.78 is 8.35. The van der Waals surface area contributed by atoms with Crippen LogP contribution in [0.5, 0.6) is 5.75 Å². The van der Waals surface area contributed by atoms with Gasteiger partial charge in [0.2, 0.25) is 0 Å². The molecule has 1 amide bonds. The Kier molecular flexibility index (Phi) is 4.51. The number of rotatable bonds is 3. The van der Waals surface area contributed by atoms with Gasteiger partial charge in [-0.15, -0.1) is 0 Å². The van der Waals surface area contributed by atoms with E-state index >= 15 is 0 Å². The molecule has 1 aliphatic heterocycles. The number of anilines is 1. The lowest BCUT2D eigenvalue weighted by Gasteiger charge is -2.34. The lowest BCUT2D eigenvalue weighted by Crippen LogP contribution is -2.48. The number of carbonyl (C=O) groups is 1. The van der Waals surface area contributed by atoms with Gasteiger partial charge in [0.15, 0.2) is 10.8 Å². The molecular formula is C19H23N5O2S. The summed E-state index contributed by atoms with van der Waals surface area (Å²) in [6, 6.07) is 5.87. The molecule has 1 fully saturated rings. The second-order valence-electron chi connectivity index (χ2n) is 6.83. The van der Waals surface area contributed by atoms with Gasteiger partial charge in [0.05, 0.1) is 11.8 Å². The lowest BCUT2D eigenvalue weighted by molar-refractivity contribution is 0.0740. The Morgan fingerprint density at radius 1 is 1.19 bits per heavy atom. The summed E-state index contributed by atoms with van der Waals surface area (Å²) in [6.45, 7) is 6.90. The molecule has 0 N–H and O–H groups in total. The summed E-state index contributed by atoms with van der Waals surface area (Å²) in [6.07, 6.45) is 0. The molecule has 0 saturated carbocycles. The SMILES string of the molecule is COc1ccc(C)c2sc(N3CCN(C(=O)c4cc(C)n(C)n4)CC3)nc12. The van der Waals surface area contributed by atoms with Crippen molar-refractivity contribution in [3.63, 3.8) is 0 Å². The average molecular weight is 385 g/mol. The zero-order valence-electron chi connectivity index (χ0n) is 16.0. The zero-order valence-corrected chi connectivity index (χ0v) is 16.8. The molecular weight excluding hydrogens is 362 g/mol. The highest BCUT2D eigenvalue weighted by molar-refractivity contribution is 7.22. The first kappa shape index (κ1) is 17.8. The largest absolute Gasteiger partial charge is 0.494 e. The maximum atomic E-state index is 12.7. The molecule has 0 spiro atoms. The predicted octanol–water partition coefficient (Wildman–Crippen LogP) is 2.62. The lowest BCUT2D eigenvalue weighted by atomic mass is 10.2. The summed E-state index contributed by atoms with van der Waals surface area (Å²) in [5.74, 6) is 0.803. The maximum absolute atomic E-state index is 12.7. The highest BCUT2D eigenvalue weighted by Crippen LogP contribution is 2.36. The first-order chi connectivity index (χ1) is 13.0. The van der Waals surface area contributed by atoms with Gasteiger partial charge in [0, 0.05) is 38.9 Å². The van der Waals surface area contributed by atoms with E-state index in [1.165, 1.54) is 5.56 Å². The van der Waals surface area contributed by atoms with Gasteiger partial charge >= 0.3 is 0 Å². The van der Waals surface area contributed by atoms with Crippen LogP contribution in [-0.4, -0.2) is 58.9 Å². The average Bonchev–Trinajstić information content (AvgIpc) is 3.27. The van der Waals surface area contributed by atoms with Crippen LogP contribution in [0, 0.1) is 13.8 Å². The minimum atomic E-state index is 0.000151. The van der Waals surface area contributed by atoms with Crippen molar-refractivity contribution >= 4 is 32.6 Å². The van der Waals surface area contributed by atoms with Crippen LogP contribution in [0.25, 0.3) is 10.2 Å². The summed E-state index contributed by atoms with van der Waals surface area (Å²) in [5.41, 5.74) is 3.62. The summed E-state index contributed by atoms with van der Waals surface area (Å²) in [7, 11) is 3.53. The third-order valence-corrected chi connectivity index (χ3v) is 6.33. The number of nitrogens with zero attached hydrogens (tertiary/aromatic N) is 5. The van der Waals surface area contributed by atoms with E-state index in [1.807, 2.05) is 31.0 Å². The van der Waals surface area contributed by atoms with Crippen molar-refractivity contribution in [2.24, 2.45) is 7.05 Å². The molecule has 3 heterocycles. The quantitative estimate of drug-likeness (QED) is 0.694. The van der Waals surface area contributed by atoms with E-state index in [0.29, 0.717) is 18.8 Å². The fraction of sp³-hybridized carbons (Fsp3) is 0.421. The number of ether oxygens (including phenoxy) is 1. The number of aryl methyl sites for hydroxylation is 3. The molecule has 7 nitrogen and oxygen atoms in total. The van der Waals surface area contributed by atoms with Crippen molar-refractivity contribution in [3.8, 4) is 5.75 Å². The number of carbonyl (C=O) groups excluding carboxylic acids is 1. The standard InChI is InChI=1S/C19H23N5O2S/c1-12-5-6-15(26-4)16-17(12)27-19(20-16)24-9-7-23(8-10-24)18(25)14-11-13(2)22(3)21-14/h5-6,11H,7-10H2,1-4H3. The first-order valence-electron chi connectivity index (χ1n) is 8.97. The van der Waals surface area contributed by atoms with Gasteiger partial charge in [0.25, 0.3) is 5.91 Å². The highest BCUT2D eigenvalue weighted by atomic mass is 32.1. The molecule has 1 aliphatic rings. The number of thiazole rings is 1. The maximum Gasteiger partial charge on any atom is 0.274 e. The number of methoxy groups -OCH3 is 1. The Labute approximate surface area is 162 Å². The van der Waals surface area contributed by atoms with Crippen LogP contribution < -0.4 is 9.64 Å². The number of hydrogen-bond acceptors (Lipinski definition) is 6. The molecule has 8 heteroatoms. The van der Waals surface area contributed by atoms with E-state index in [2.05, 4.69) is 23.0 Å². The van der Waals surface area contributed by atoms with Crippen molar-refractivity contribution in [2.45, 2.75) is 13.8 Å². The van der Waals surface area contributed by atoms with Crippen molar-refractivity contribution in [3.05, 3.63) is 35.2 Å². The topological polar surface area (TPSA) is 63.5 Å². The second-order valence-corrected chi connectivity index (χ2v) is 7.81. The molecule has 1 saturated heterocycles. The smallest absolute Gasteiger partial charge is 0.274 e. The second kappa shape index (κ2) is 6.84. The molecule has 0 aliphatic carbocycles. The predicted molar refractivity (Wildman–Crippen MR) is 107 cm³/mol. The van der Waals surface area contributed by atoms with Gasteiger partial charge in [-0.3, -0.25) is 9.48 Å². The zero-order chi connectivity index (χ0) is 19.1. The van der Waals surface area contributed by atoms with E-state index in [-0.39, 0.29) is 5.91 Å². The summed E-state index contributed by atoms with van der Waals surface area (Å²) in [5, 5.41) is 5.29. The van der Waals surface area contributed by atoms with E-state index in [4.69, 9.17) is 9.72 Å². The van der Waals surface area contributed by atoms with Gasteiger partial charge in [-0.05, 0) is 31.5 Å². The van der Waals surface area contributed by atoms with Gasteiger partial charge in [-0.25, -0.2) is 4.98 Å². The van der Waals surface area contributed by atoms with Gasteiger partial charge < -0.3 is 14.5 Å². The first-order valence-corrected chi connectivity index (χ1v) is 9.78. The molecule has 2 aromatic heterocycles. The molecule has 0 radical (unpaired) electrons. The molecule has 0 unspecified atom stereocenters. The fourth-order valence-electron chi connectivity index (χ4n) is 3.33. The Hall–Kier alpha value is -2.61. The van der Waals surface area contributed by atoms with Crippen LogP contribution in [0.3, 0.4) is 0 Å². The number of hydrogen-bond donors (Lipinski definition) is 0. The van der Waals surface area contributed by atoms with Crippen LogP contribution in [-0.2, 0) is 7.05 Å². The Bertz CT molecular complexity index is 982. The number of aromatic nitrogens is 3. The van der Waals surface area contributed by atoms with Crippen LogP contribution in [0.1, 0.15) is 21.7 Å². The Balaban J connectivity index is 1.50. The van der Waals surface area contributed by atoms with Crippen LogP contribution in [0.15, 0.2) is 18.2 Å². The summed E-state index contributed by atoms with van der Waals surface area (Å²) in [4.78, 5) is 21.6. The Morgan fingerprint density at radius 3 is 2.56 bits per heavy atom. The fourth-order valence-corrected chi connectivity index (χ4v) is 4.43. The van der Waals surface area contributed by atoms with Gasteiger partial charge in [-0.2, -0.15) is 5.10 Å². The van der Waals surface area contributed by atoms with Crippen molar-refractivity contribution in [2.75, 3.05) is 38.2 Å².